The molecule has 0 aromatic carbocycles. The fourth-order valence-corrected chi connectivity index (χ4v) is 1.47. The molecule has 0 bridgehead atoms. The third kappa shape index (κ3) is 7.84. The fourth-order valence-electron chi connectivity index (χ4n) is 1.47. The van der Waals surface area contributed by atoms with Crippen LogP contribution in [0.4, 0.5) is 0 Å². The van der Waals surface area contributed by atoms with E-state index in [0.717, 1.165) is 0 Å². The molecule has 0 spiro atoms. The second kappa shape index (κ2) is 10.7. The molecule has 12 heavy (non-hydrogen) atoms. The third-order valence-corrected chi connectivity index (χ3v) is 2.16. The van der Waals surface area contributed by atoms with Crippen LogP contribution in [0.1, 0.15) is 66.2 Å². The molecule has 2 aliphatic carbocycles. The Balaban J connectivity index is 0. The van der Waals surface area contributed by atoms with Crippen molar-refractivity contribution in [3.8, 4) is 0 Å². The van der Waals surface area contributed by atoms with E-state index in [1.54, 1.807) is 0 Å². The van der Waals surface area contributed by atoms with Crippen LogP contribution in [0.5, 0.6) is 0 Å². The molecular formula is C12H26. The standard InChI is InChI=1S/C5H10.C5H8.2CH4/c2*1-2-4-5-3-1;;/h1-5H2;1-2H,3-5H2;2*1H4. The Kier molecular flexibility index (Phi) is 12.8. The Bertz CT molecular complexity index is 74.6. The minimum Gasteiger partial charge on any atom is -0.0885 e. The zero-order valence-electron chi connectivity index (χ0n) is 6.81. The largest absolute Gasteiger partial charge is 0.0885 e. The third-order valence-electron chi connectivity index (χ3n) is 2.16. The number of rotatable bonds is 0. The summed E-state index contributed by atoms with van der Waals surface area (Å²) in [5, 5.41) is 0. The molecule has 0 heteroatoms. The molecule has 0 aromatic rings. The normalized spacial score (nSPS) is 18.7. The zero-order chi connectivity index (χ0) is 7.07. The van der Waals surface area contributed by atoms with E-state index in [9.17, 15) is 0 Å². The summed E-state index contributed by atoms with van der Waals surface area (Å²) in [6.45, 7) is 0. The van der Waals surface area contributed by atoms with Crippen molar-refractivity contribution >= 4 is 0 Å². The van der Waals surface area contributed by atoms with Gasteiger partial charge in [0.25, 0.3) is 0 Å². The summed E-state index contributed by atoms with van der Waals surface area (Å²) in [6.07, 6.45) is 16.0. The van der Waals surface area contributed by atoms with Gasteiger partial charge in [0.2, 0.25) is 0 Å². The minimum absolute atomic E-state index is 0. The maximum Gasteiger partial charge on any atom is -0.0348 e. The van der Waals surface area contributed by atoms with Gasteiger partial charge in [-0.25, -0.2) is 0 Å². The first kappa shape index (κ1) is 14.3. The number of hydrogen-bond acceptors (Lipinski definition) is 0. The molecule has 0 atom stereocenters. The molecule has 74 valence electrons. The van der Waals surface area contributed by atoms with Crippen LogP contribution in [-0.4, -0.2) is 0 Å². The first-order valence-electron chi connectivity index (χ1n) is 4.65. The van der Waals surface area contributed by atoms with Crippen LogP contribution < -0.4 is 0 Å². The van der Waals surface area contributed by atoms with Gasteiger partial charge in [-0.3, -0.25) is 0 Å². The van der Waals surface area contributed by atoms with E-state index in [4.69, 9.17) is 0 Å². The van der Waals surface area contributed by atoms with Gasteiger partial charge in [-0.1, -0.05) is 59.1 Å². The molecular weight excluding hydrogens is 144 g/mol. The van der Waals surface area contributed by atoms with Crippen LogP contribution in [-0.2, 0) is 0 Å². The summed E-state index contributed by atoms with van der Waals surface area (Å²) < 4.78 is 0. The predicted molar refractivity (Wildman–Crippen MR) is 59.5 cm³/mol. The second-order valence-electron chi connectivity index (χ2n) is 3.17. The van der Waals surface area contributed by atoms with Crippen molar-refractivity contribution in [1.82, 2.24) is 0 Å². The van der Waals surface area contributed by atoms with Gasteiger partial charge in [0.05, 0.1) is 0 Å². The van der Waals surface area contributed by atoms with Crippen LogP contribution in [0.15, 0.2) is 12.2 Å². The van der Waals surface area contributed by atoms with E-state index in [2.05, 4.69) is 12.2 Å². The van der Waals surface area contributed by atoms with Gasteiger partial charge in [-0.15, -0.1) is 0 Å². The average Bonchev–Trinajstić information content (AvgIpc) is 2.67. The van der Waals surface area contributed by atoms with Crippen molar-refractivity contribution in [1.29, 1.82) is 0 Å². The highest BCUT2D eigenvalue weighted by molar-refractivity contribution is 4.88. The first-order chi connectivity index (χ1) is 5.00. The molecule has 2 rings (SSSR count). The highest BCUT2D eigenvalue weighted by Crippen LogP contribution is 2.15. The molecule has 0 heterocycles. The van der Waals surface area contributed by atoms with Gasteiger partial charge in [0, 0.05) is 0 Å². The van der Waals surface area contributed by atoms with Crippen molar-refractivity contribution in [2.75, 3.05) is 0 Å². The molecule has 0 aromatic heterocycles. The number of allylic oxidation sites excluding steroid dienone is 2. The molecule has 0 radical (unpaired) electrons. The Morgan fingerprint density at radius 3 is 1.00 bits per heavy atom. The maximum atomic E-state index is 2.24. The summed E-state index contributed by atoms with van der Waals surface area (Å²) in [6, 6.07) is 0. The number of hydrogen-bond donors (Lipinski definition) is 0. The summed E-state index contributed by atoms with van der Waals surface area (Å²) in [7, 11) is 0. The zero-order valence-corrected chi connectivity index (χ0v) is 6.81. The van der Waals surface area contributed by atoms with Gasteiger partial charge in [-0.2, -0.15) is 0 Å². The SMILES string of the molecule is C.C.C1=CCCC1.C1CCCC1. The molecule has 0 aliphatic heterocycles. The Hall–Kier alpha value is -0.260. The van der Waals surface area contributed by atoms with Crippen LogP contribution in [0.25, 0.3) is 0 Å². The topological polar surface area (TPSA) is 0 Å². The molecule has 0 N–H and O–H groups in total. The lowest BCUT2D eigenvalue weighted by molar-refractivity contribution is 0.886. The van der Waals surface area contributed by atoms with E-state index in [-0.39, 0.29) is 14.9 Å². The molecule has 0 unspecified atom stereocenters. The van der Waals surface area contributed by atoms with Crippen LogP contribution >= 0.6 is 0 Å². The highest BCUT2D eigenvalue weighted by atomic mass is 14.0. The lowest BCUT2D eigenvalue weighted by Crippen LogP contribution is -1.50. The quantitative estimate of drug-likeness (QED) is 0.451. The van der Waals surface area contributed by atoms with Gasteiger partial charge in [0.1, 0.15) is 0 Å². The van der Waals surface area contributed by atoms with E-state index >= 15 is 0 Å². The van der Waals surface area contributed by atoms with Gasteiger partial charge >= 0.3 is 0 Å². The van der Waals surface area contributed by atoms with Crippen molar-refractivity contribution in [2.45, 2.75) is 66.2 Å². The van der Waals surface area contributed by atoms with Gasteiger partial charge < -0.3 is 0 Å². The molecule has 2 aliphatic rings. The Morgan fingerprint density at radius 1 is 0.500 bits per heavy atom. The molecule has 0 nitrogen and oxygen atoms in total. The lowest BCUT2D eigenvalue weighted by atomic mass is 10.4. The van der Waals surface area contributed by atoms with Crippen molar-refractivity contribution in [3.05, 3.63) is 12.2 Å². The second-order valence-corrected chi connectivity index (χ2v) is 3.17. The lowest BCUT2D eigenvalue weighted by Gasteiger charge is -1.69. The minimum atomic E-state index is 0. The Morgan fingerprint density at radius 2 is 0.833 bits per heavy atom. The summed E-state index contributed by atoms with van der Waals surface area (Å²) in [5.74, 6) is 0. The molecule has 0 amide bonds. The van der Waals surface area contributed by atoms with E-state index < -0.39 is 0 Å². The molecule has 0 saturated heterocycles. The van der Waals surface area contributed by atoms with Gasteiger partial charge in [-0.05, 0) is 19.3 Å². The highest BCUT2D eigenvalue weighted by Gasteiger charge is 1.95. The molecule has 1 saturated carbocycles. The summed E-state index contributed by atoms with van der Waals surface area (Å²) in [5.41, 5.74) is 0. The predicted octanol–water partition coefficient (Wildman–Crippen LogP) is 4.95. The van der Waals surface area contributed by atoms with Crippen LogP contribution in [0.3, 0.4) is 0 Å². The van der Waals surface area contributed by atoms with E-state index in [1.165, 1.54) is 51.4 Å². The van der Waals surface area contributed by atoms with Crippen molar-refractivity contribution in [2.24, 2.45) is 0 Å². The smallest absolute Gasteiger partial charge is 0.0348 e. The monoisotopic (exact) mass is 170 g/mol. The van der Waals surface area contributed by atoms with E-state index in [1.807, 2.05) is 0 Å². The van der Waals surface area contributed by atoms with E-state index in [0.29, 0.717) is 0 Å². The van der Waals surface area contributed by atoms with Crippen molar-refractivity contribution in [3.63, 3.8) is 0 Å². The maximum absolute atomic E-state index is 2.24. The first-order valence-corrected chi connectivity index (χ1v) is 4.65. The van der Waals surface area contributed by atoms with Crippen LogP contribution in [0.2, 0.25) is 0 Å². The van der Waals surface area contributed by atoms with Crippen LogP contribution in [0, 0.1) is 0 Å². The summed E-state index contributed by atoms with van der Waals surface area (Å²) in [4.78, 5) is 0. The Labute approximate surface area is 79.1 Å². The van der Waals surface area contributed by atoms with Crippen molar-refractivity contribution < 1.29 is 0 Å². The summed E-state index contributed by atoms with van der Waals surface area (Å²) >= 11 is 0. The van der Waals surface area contributed by atoms with Gasteiger partial charge in [0.15, 0.2) is 0 Å². The molecule has 1 fully saturated rings. The fraction of sp³-hybridized carbons (Fsp3) is 0.833. The average molecular weight is 170 g/mol.